The molecule has 2 N–H and O–H groups in total. The molecule has 0 spiro atoms. The molecule has 0 bridgehead atoms. The Labute approximate surface area is 105 Å². The average molecular weight is 256 g/mol. The van der Waals surface area contributed by atoms with Crippen LogP contribution in [-0.4, -0.2) is 22.3 Å². The highest BCUT2D eigenvalue weighted by molar-refractivity contribution is 6.41. The molecule has 0 radical (unpaired) electrons. The van der Waals surface area contributed by atoms with Gasteiger partial charge in [0.2, 0.25) is 0 Å². The molecule has 1 rings (SSSR count). The van der Waals surface area contributed by atoms with E-state index in [-0.39, 0.29) is 5.15 Å². The van der Waals surface area contributed by atoms with Crippen LogP contribution in [0.5, 0.6) is 0 Å². The van der Waals surface area contributed by atoms with Crippen LogP contribution in [0.1, 0.15) is 20.8 Å². The number of hydrogen-bond acceptors (Lipinski definition) is 3. The lowest BCUT2D eigenvalue weighted by Gasteiger charge is -2.19. The largest absolute Gasteiger partial charge is 0.343 e. The van der Waals surface area contributed by atoms with Gasteiger partial charge in [-0.05, 0) is 32.9 Å². The van der Waals surface area contributed by atoms with Crippen LogP contribution in [0.15, 0.2) is 18.3 Å². The minimum Gasteiger partial charge on any atom is -0.343 e. The molecule has 0 unspecified atom stereocenters. The molecule has 92 valence electrons. The normalized spacial score (nSPS) is 10.8. The molecule has 0 saturated heterocycles. The second-order valence-electron chi connectivity index (χ2n) is 4.50. The molecular formula is C11H14ClN3O2. The Morgan fingerprint density at radius 1 is 1.29 bits per heavy atom. The first-order valence-corrected chi connectivity index (χ1v) is 5.41. The number of carbonyl (C=O) groups excluding carboxylic acids is 2. The minimum atomic E-state index is -0.769. The van der Waals surface area contributed by atoms with Crippen molar-refractivity contribution in [2.45, 2.75) is 26.3 Å². The number of halogens is 1. The minimum absolute atomic E-state index is 0.143. The monoisotopic (exact) mass is 255 g/mol. The summed E-state index contributed by atoms with van der Waals surface area (Å²) in [6, 6.07) is 3.18. The lowest BCUT2D eigenvalue weighted by atomic mass is 10.1. The Balaban J connectivity index is 2.68. The summed E-state index contributed by atoms with van der Waals surface area (Å²) in [5.41, 5.74) is -0.157. The average Bonchev–Trinajstić information content (AvgIpc) is 2.18. The van der Waals surface area contributed by atoms with Gasteiger partial charge in [0, 0.05) is 11.7 Å². The fraction of sp³-hybridized carbons (Fsp3) is 0.364. The summed E-state index contributed by atoms with van der Waals surface area (Å²) in [7, 11) is 0. The van der Waals surface area contributed by atoms with Crippen molar-refractivity contribution in [2.75, 3.05) is 5.32 Å². The summed E-state index contributed by atoms with van der Waals surface area (Å²) >= 11 is 5.75. The van der Waals surface area contributed by atoms with Gasteiger partial charge in [0.05, 0.1) is 5.69 Å². The van der Waals surface area contributed by atoms with Crippen molar-refractivity contribution in [2.24, 2.45) is 0 Å². The third kappa shape index (κ3) is 4.40. The highest BCUT2D eigenvalue weighted by Crippen LogP contribution is 2.17. The molecule has 1 heterocycles. The molecule has 0 saturated carbocycles. The van der Waals surface area contributed by atoms with Gasteiger partial charge in [-0.1, -0.05) is 11.6 Å². The van der Waals surface area contributed by atoms with E-state index in [1.165, 1.54) is 6.20 Å². The summed E-state index contributed by atoms with van der Waals surface area (Å²) in [5, 5.41) is 5.07. The van der Waals surface area contributed by atoms with Gasteiger partial charge in [0.15, 0.2) is 5.15 Å². The molecule has 1 aromatic heterocycles. The lowest BCUT2D eigenvalue weighted by Crippen LogP contribution is -2.46. The van der Waals surface area contributed by atoms with Gasteiger partial charge in [-0.3, -0.25) is 9.59 Å². The number of carbonyl (C=O) groups is 2. The van der Waals surface area contributed by atoms with Crippen LogP contribution in [-0.2, 0) is 9.59 Å². The van der Waals surface area contributed by atoms with Gasteiger partial charge >= 0.3 is 11.8 Å². The maximum absolute atomic E-state index is 11.5. The van der Waals surface area contributed by atoms with Gasteiger partial charge in [0.25, 0.3) is 0 Å². The Hall–Kier alpha value is -1.62. The molecular weight excluding hydrogens is 242 g/mol. The van der Waals surface area contributed by atoms with Crippen molar-refractivity contribution in [3.05, 3.63) is 23.5 Å². The number of anilines is 1. The van der Waals surface area contributed by atoms with E-state index >= 15 is 0 Å². The van der Waals surface area contributed by atoms with Gasteiger partial charge in [-0.15, -0.1) is 0 Å². The maximum atomic E-state index is 11.5. The fourth-order valence-electron chi connectivity index (χ4n) is 1.06. The van der Waals surface area contributed by atoms with Crippen LogP contribution in [0.2, 0.25) is 5.15 Å². The van der Waals surface area contributed by atoms with Crippen LogP contribution >= 0.6 is 11.6 Å². The molecule has 17 heavy (non-hydrogen) atoms. The third-order valence-electron chi connectivity index (χ3n) is 1.70. The van der Waals surface area contributed by atoms with Crippen molar-refractivity contribution in [3.63, 3.8) is 0 Å². The van der Waals surface area contributed by atoms with Gasteiger partial charge < -0.3 is 10.6 Å². The number of nitrogens with one attached hydrogen (secondary N) is 2. The standard InChI is InChI=1S/C11H14ClN3O2/c1-11(2,3)15-10(17)9(16)14-7-5-4-6-13-8(7)12/h4-6H,1-3H3,(H,14,16)(H,15,17). The SMILES string of the molecule is CC(C)(C)NC(=O)C(=O)Nc1cccnc1Cl. The predicted molar refractivity (Wildman–Crippen MR) is 65.8 cm³/mol. The Morgan fingerprint density at radius 3 is 2.47 bits per heavy atom. The summed E-state index contributed by atoms with van der Waals surface area (Å²) in [4.78, 5) is 26.8. The van der Waals surface area contributed by atoms with E-state index in [4.69, 9.17) is 11.6 Å². The first-order valence-electron chi connectivity index (χ1n) is 5.03. The van der Waals surface area contributed by atoms with Crippen molar-refractivity contribution in [1.29, 1.82) is 0 Å². The zero-order chi connectivity index (χ0) is 13.1. The van der Waals surface area contributed by atoms with E-state index in [0.717, 1.165) is 0 Å². The summed E-state index contributed by atoms with van der Waals surface area (Å²) in [5.74, 6) is -1.48. The number of pyridine rings is 1. The lowest BCUT2D eigenvalue weighted by molar-refractivity contribution is -0.137. The summed E-state index contributed by atoms with van der Waals surface area (Å²) in [6.07, 6.45) is 1.49. The van der Waals surface area contributed by atoms with Crippen LogP contribution in [0.4, 0.5) is 5.69 Å². The van der Waals surface area contributed by atoms with Crippen molar-refractivity contribution in [3.8, 4) is 0 Å². The maximum Gasteiger partial charge on any atom is 0.313 e. The molecule has 0 aliphatic heterocycles. The zero-order valence-electron chi connectivity index (χ0n) is 9.87. The van der Waals surface area contributed by atoms with Crippen molar-refractivity contribution >= 4 is 29.1 Å². The predicted octanol–water partition coefficient (Wildman–Crippen LogP) is 1.59. The fourth-order valence-corrected chi connectivity index (χ4v) is 1.22. The highest BCUT2D eigenvalue weighted by atomic mass is 35.5. The first kappa shape index (κ1) is 13.4. The van der Waals surface area contributed by atoms with Crippen molar-refractivity contribution < 1.29 is 9.59 Å². The zero-order valence-corrected chi connectivity index (χ0v) is 10.6. The van der Waals surface area contributed by atoms with E-state index in [0.29, 0.717) is 5.69 Å². The van der Waals surface area contributed by atoms with Crippen LogP contribution in [0.25, 0.3) is 0 Å². The number of hydrogen-bond donors (Lipinski definition) is 2. The first-order chi connectivity index (χ1) is 7.79. The summed E-state index contributed by atoms with van der Waals surface area (Å²) in [6.45, 7) is 5.36. The highest BCUT2D eigenvalue weighted by Gasteiger charge is 2.20. The molecule has 2 amide bonds. The Bertz CT molecular complexity index is 441. The number of aromatic nitrogens is 1. The van der Waals surface area contributed by atoms with E-state index in [1.54, 1.807) is 32.9 Å². The van der Waals surface area contributed by atoms with E-state index in [9.17, 15) is 9.59 Å². The van der Waals surface area contributed by atoms with E-state index in [2.05, 4.69) is 15.6 Å². The Morgan fingerprint density at radius 2 is 1.94 bits per heavy atom. The second kappa shape index (κ2) is 5.14. The molecule has 0 atom stereocenters. The van der Waals surface area contributed by atoms with Crippen molar-refractivity contribution in [1.82, 2.24) is 10.3 Å². The van der Waals surface area contributed by atoms with Gasteiger partial charge in [-0.25, -0.2) is 4.98 Å². The number of nitrogens with zero attached hydrogens (tertiary/aromatic N) is 1. The molecule has 1 aromatic rings. The topological polar surface area (TPSA) is 71.1 Å². The van der Waals surface area contributed by atoms with Crippen LogP contribution in [0.3, 0.4) is 0 Å². The van der Waals surface area contributed by atoms with E-state index in [1.807, 2.05) is 0 Å². The molecule has 0 aliphatic rings. The van der Waals surface area contributed by atoms with Crippen LogP contribution < -0.4 is 10.6 Å². The molecule has 5 nitrogen and oxygen atoms in total. The molecule has 0 fully saturated rings. The Kier molecular flexibility index (Phi) is 4.07. The van der Waals surface area contributed by atoms with Gasteiger partial charge in [0.1, 0.15) is 0 Å². The van der Waals surface area contributed by atoms with Gasteiger partial charge in [-0.2, -0.15) is 0 Å². The molecule has 0 aromatic carbocycles. The smallest absolute Gasteiger partial charge is 0.313 e. The number of amides is 2. The summed E-state index contributed by atoms with van der Waals surface area (Å²) < 4.78 is 0. The van der Waals surface area contributed by atoms with E-state index < -0.39 is 17.4 Å². The molecule has 0 aliphatic carbocycles. The number of rotatable bonds is 1. The molecule has 6 heteroatoms. The quantitative estimate of drug-likeness (QED) is 0.591. The third-order valence-corrected chi connectivity index (χ3v) is 2.00. The van der Waals surface area contributed by atoms with Crippen LogP contribution in [0, 0.1) is 0 Å². The second-order valence-corrected chi connectivity index (χ2v) is 4.86.